The lowest BCUT2D eigenvalue weighted by Gasteiger charge is -2.24. The third kappa shape index (κ3) is 4.73. The molecule has 2 atom stereocenters. The van der Waals surface area contributed by atoms with Gasteiger partial charge in [-0.25, -0.2) is 0 Å². The second kappa shape index (κ2) is 6.44. The summed E-state index contributed by atoms with van der Waals surface area (Å²) in [4.78, 5) is 2.41. The molecule has 2 nitrogen and oxygen atoms in total. The molecule has 0 aliphatic carbocycles. The smallest absolute Gasteiger partial charge is 0.00612 e. The molecule has 74 valence electrons. The summed E-state index contributed by atoms with van der Waals surface area (Å²) in [5.74, 6) is 0.663. The van der Waals surface area contributed by atoms with Crippen LogP contribution < -0.4 is 5.73 Å². The normalized spacial score (nSPS) is 16.5. The van der Waals surface area contributed by atoms with Crippen LogP contribution in [0.1, 0.15) is 33.6 Å². The Bertz CT molecular complexity index is 104. The largest absolute Gasteiger partial charge is 0.330 e. The van der Waals surface area contributed by atoms with Gasteiger partial charge in [-0.3, -0.25) is 0 Å². The second-order valence-corrected chi connectivity index (χ2v) is 3.87. The van der Waals surface area contributed by atoms with Crippen LogP contribution in [0.15, 0.2) is 0 Å². The molecular weight excluding hydrogens is 148 g/mol. The zero-order valence-corrected chi connectivity index (χ0v) is 9.01. The molecule has 0 amide bonds. The van der Waals surface area contributed by atoms with Crippen LogP contribution in [0.5, 0.6) is 0 Å². The molecular formula is C10H24N2. The first-order valence-corrected chi connectivity index (χ1v) is 5.02. The van der Waals surface area contributed by atoms with E-state index in [2.05, 4.69) is 32.7 Å². The summed E-state index contributed by atoms with van der Waals surface area (Å²) in [7, 11) is 2.19. The number of hydrogen-bond donors (Lipinski definition) is 1. The molecule has 0 heterocycles. The highest BCUT2D eigenvalue weighted by atomic mass is 15.1. The molecule has 0 radical (unpaired) electrons. The van der Waals surface area contributed by atoms with Crippen LogP contribution in [0.25, 0.3) is 0 Å². The van der Waals surface area contributed by atoms with E-state index in [1.54, 1.807) is 0 Å². The van der Waals surface area contributed by atoms with Crippen molar-refractivity contribution in [3.8, 4) is 0 Å². The monoisotopic (exact) mass is 172 g/mol. The molecule has 0 aliphatic heterocycles. The van der Waals surface area contributed by atoms with Gasteiger partial charge in [0.25, 0.3) is 0 Å². The molecule has 12 heavy (non-hydrogen) atoms. The summed E-state index contributed by atoms with van der Waals surface area (Å²) in [5, 5.41) is 0. The molecule has 0 saturated carbocycles. The van der Waals surface area contributed by atoms with Gasteiger partial charge in [-0.2, -0.15) is 0 Å². The maximum Gasteiger partial charge on any atom is 0.00612 e. The van der Waals surface area contributed by atoms with E-state index in [4.69, 9.17) is 5.73 Å². The molecule has 0 aromatic heterocycles. The molecule has 2 heteroatoms. The van der Waals surface area contributed by atoms with Crippen LogP contribution in [0.3, 0.4) is 0 Å². The fourth-order valence-corrected chi connectivity index (χ4v) is 1.07. The highest BCUT2D eigenvalue weighted by Gasteiger charge is 2.07. The van der Waals surface area contributed by atoms with Crippen molar-refractivity contribution in [3.63, 3.8) is 0 Å². The number of nitrogens with two attached hydrogens (primary N) is 1. The van der Waals surface area contributed by atoms with Crippen molar-refractivity contribution in [3.05, 3.63) is 0 Å². The Hall–Kier alpha value is -0.0800. The van der Waals surface area contributed by atoms with Crippen molar-refractivity contribution in [2.75, 3.05) is 20.1 Å². The van der Waals surface area contributed by atoms with Crippen molar-refractivity contribution < 1.29 is 0 Å². The Kier molecular flexibility index (Phi) is 6.39. The van der Waals surface area contributed by atoms with Gasteiger partial charge in [-0.15, -0.1) is 0 Å². The minimum absolute atomic E-state index is 0.663. The van der Waals surface area contributed by atoms with Gasteiger partial charge in [0.05, 0.1) is 0 Å². The zero-order valence-electron chi connectivity index (χ0n) is 9.01. The SMILES string of the molecule is CCC(C)N(C)CCC(C)CN. The molecule has 0 saturated heterocycles. The van der Waals surface area contributed by atoms with Crippen LogP contribution in [-0.4, -0.2) is 31.1 Å². The molecule has 2 N–H and O–H groups in total. The average molecular weight is 172 g/mol. The van der Waals surface area contributed by atoms with E-state index in [9.17, 15) is 0 Å². The van der Waals surface area contributed by atoms with E-state index in [1.165, 1.54) is 19.4 Å². The van der Waals surface area contributed by atoms with Gasteiger partial charge in [-0.1, -0.05) is 13.8 Å². The fourth-order valence-electron chi connectivity index (χ4n) is 1.07. The lowest BCUT2D eigenvalue weighted by molar-refractivity contribution is 0.236. The maximum absolute atomic E-state index is 5.55. The van der Waals surface area contributed by atoms with Crippen molar-refractivity contribution in [2.45, 2.75) is 39.7 Å². The fraction of sp³-hybridized carbons (Fsp3) is 1.00. The maximum atomic E-state index is 5.55. The Morgan fingerprint density at radius 2 is 1.92 bits per heavy atom. The molecule has 0 bridgehead atoms. The summed E-state index contributed by atoms with van der Waals surface area (Å²) >= 11 is 0. The summed E-state index contributed by atoms with van der Waals surface area (Å²) in [5.41, 5.74) is 5.55. The summed E-state index contributed by atoms with van der Waals surface area (Å²) in [6.45, 7) is 8.70. The Balaban J connectivity index is 3.49. The molecule has 0 spiro atoms. The van der Waals surface area contributed by atoms with E-state index >= 15 is 0 Å². The second-order valence-electron chi connectivity index (χ2n) is 3.87. The zero-order chi connectivity index (χ0) is 9.56. The van der Waals surface area contributed by atoms with Gasteiger partial charge in [0.15, 0.2) is 0 Å². The Morgan fingerprint density at radius 3 is 2.33 bits per heavy atom. The quantitative estimate of drug-likeness (QED) is 0.661. The summed E-state index contributed by atoms with van der Waals surface area (Å²) in [6.07, 6.45) is 2.45. The van der Waals surface area contributed by atoms with Crippen LogP contribution in [0.4, 0.5) is 0 Å². The van der Waals surface area contributed by atoms with Crippen LogP contribution in [0, 0.1) is 5.92 Å². The van der Waals surface area contributed by atoms with Crippen molar-refractivity contribution in [1.29, 1.82) is 0 Å². The van der Waals surface area contributed by atoms with Gasteiger partial charge in [-0.05, 0) is 45.8 Å². The average Bonchev–Trinajstić information content (AvgIpc) is 2.11. The molecule has 0 rings (SSSR count). The van der Waals surface area contributed by atoms with E-state index in [0.717, 1.165) is 6.54 Å². The highest BCUT2D eigenvalue weighted by Crippen LogP contribution is 2.05. The molecule has 2 unspecified atom stereocenters. The van der Waals surface area contributed by atoms with Crippen molar-refractivity contribution in [1.82, 2.24) is 4.90 Å². The first-order chi connectivity index (χ1) is 5.61. The summed E-state index contributed by atoms with van der Waals surface area (Å²) < 4.78 is 0. The third-order valence-electron chi connectivity index (χ3n) is 2.72. The topological polar surface area (TPSA) is 29.3 Å². The molecule has 0 fully saturated rings. The van der Waals surface area contributed by atoms with Crippen LogP contribution in [0.2, 0.25) is 0 Å². The first kappa shape index (κ1) is 11.9. The van der Waals surface area contributed by atoms with Crippen molar-refractivity contribution in [2.24, 2.45) is 11.7 Å². The van der Waals surface area contributed by atoms with E-state index in [1.807, 2.05) is 0 Å². The van der Waals surface area contributed by atoms with Crippen molar-refractivity contribution >= 4 is 0 Å². The van der Waals surface area contributed by atoms with Gasteiger partial charge >= 0.3 is 0 Å². The number of nitrogens with zero attached hydrogens (tertiary/aromatic N) is 1. The molecule has 0 aromatic rings. The van der Waals surface area contributed by atoms with E-state index in [-0.39, 0.29) is 0 Å². The van der Waals surface area contributed by atoms with E-state index in [0.29, 0.717) is 12.0 Å². The number of hydrogen-bond acceptors (Lipinski definition) is 2. The predicted molar refractivity (Wildman–Crippen MR) is 55.2 cm³/mol. The molecule has 0 aromatic carbocycles. The minimum Gasteiger partial charge on any atom is -0.330 e. The lowest BCUT2D eigenvalue weighted by atomic mass is 10.1. The van der Waals surface area contributed by atoms with Crippen LogP contribution >= 0.6 is 0 Å². The standard InChI is InChI=1S/C10H24N2/c1-5-10(3)12(4)7-6-9(2)8-11/h9-10H,5-8,11H2,1-4H3. The Morgan fingerprint density at radius 1 is 1.33 bits per heavy atom. The number of rotatable bonds is 6. The molecule has 0 aliphatic rings. The summed E-state index contributed by atoms with van der Waals surface area (Å²) in [6, 6.07) is 0.704. The van der Waals surface area contributed by atoms with Gasteiger partial charge in [0.2, 0.25) is 0 Å². The highest BCUT2D eigenvalue weighted by molar-refractivity contribution is 4.63. The van der Waals surface area contributed by atoms with Gasteiger partial charge < -0.3 is 10.6 Å². The van der Waals surface area contributed by atoms with Gasteiger partial charge in [0.1, 0.15) is 0 Å². The predicted octanol–water partition coefficient (Wildman–Crippen LogP) is 1.70. The minimum atomic E-state index is 0.663. The first-order valence-electron chi connectivity index (χ1n) is 5.02. The lowest BCUT2D eigenvalue weighted by Crippen LogP contribution is -2.31. The van der Waals surface area contributed by atoms with E-state index < -0.39 is 0 Å². The van der Waals surface area contributed by atoms with Crippen LogP contribution in [-0.2, 0) is 0 Å². The van der Waals surface area contributed by atoms with Gasteiger partial charge in [0, 0.05) is 6.04 Å². The Labute approximate surface area is 77.1 Å². The third-order valence-corrected chi connectivity index (χ3v) is 2.72.